The van der Waals surface area contributed by atoms with Gasteiger partial charge in [0, 0.05) is 51.0 Å². The first-order chi connectivity index (χ1) is 15.7. The molecule has 3 aliphatic rings. The van der Waals surface area contributed by atoms with Crippen LogP contribution in [0.3, 0.4) is 0 Å². The second-order valence-corrected chi connectivity index (χ2v) is 9.73. The molecule has 8 nitrogen and oxygen atoms in total. The van der Waals surface area contributed by atoms with Gasteiger partial charge >= 0.3 is 0 Å². The summed E-state index contributed by atoms with van der Waals surface area (Å²) < 4.78 is 7.54. The molecule has 0 radical (unpaired) electrons. The normalized spacial score (nSPS) is 19.3. The summed E-state index contributed by atoms with van der Waals surface area (Å²) >= 11 is 1.55. The van der Waals surface area contributed by atoms with Gasteiger partial charge in [-0.3, -0.25) is 9.36 Å². The third-order valence-electron chi connectivity index (χ3n) is 6.59. The Bertz CT molecular complexity index is 915. The van der Waals surface area contributed by atoms with Crippen molar-refractivity contribution in [3.63, 3.8) is 0 Å². The molecule has 1 aliphatic carbocycles. The van der Waals surface area contributed by atoms with Crippen LogP contribution in [0.15, 0.2) is 29.4 Å². The number of amides is 1. The second kappa shape index (κ2) is 9.60. The first-order valence-electron chi connectivity index (χ1n) is 11.7. The fourth-order valence-corrected chi connectivity index (χ4v) is 5.46. The third-order valence-corrected chi connectivity index (χ3v) is 7.52. The lowest BCUT2D eigenvalue weighted by Crippen LogP contribution is -2.49. The topological polar surface area (TPSA) is 66.7 Å². The molecule has 1 amide bonds. The van der Waals surface area contributed by atoms with Gasteiger partial charge in [0.15, 0.2) is 5.16 Å². The van der Waals surface area contributed by atoms with Crippen molar-refractivity contribution in [1.29, 1.82) is 0 Å². The standard InChI is InChI=1S/C23H32N6O2S/c1-31-20-9-7-18(8-10-20)26-13-15-27(16-14-26)21(30)17-32-23-25-24-22(29(23)19-5-6-19)28-11-3-2-4-12-28/h7-10,19H,2-6,11-17H2,1H3. The molecular weight excluding hydrogens is 424 g/mol. The molecule has 9 heteroatoms. The Hall–Kier alpha value is -2.42. The van der Waals surface area contributed by atoms with Crippen molar-refractivity contribution in [3.05, 3.63) is 24.3 Å². The fourth-order valence-electron chi connectivity index (χ4n) is 4.55. The number of carbonyl (C=O) groups excluding carboxylic acids is 1. The number of anilines is 2. The van der Waals surface area contributed by atoms with Crippen molar-refractivity contribution >= 4 is 29.3 Å². The first-order valence-corrected chi connectivity index (χ1v) is 12.7. The molecule has 2 saturated heterocycles. The highest BCUT2D eigenvalue weighted by atomic mass is 32.2. The minimum atomic E-state index is 0.189. The molecule has 3 fully saturated rings. The van der Waals surface area contributed by atoms with Gasteiger partial charge in [-0.1, -0.05) is 11.8 Å². The van der Waals surface area contributed by atoms with Crippen LogP contribution in [0.5, 0.6) is 5.75 Å². The lowest BCUT2D eigenvalue weighted by Gasteiger charge is -2.36. The van der Waals surface area contributed by atoms with Crippen LogP contribution < -0.4 is 14.5 Å². The number of methoxy groups -OCH3 is 1. The molecule has 1 saturated carbocycles. The first kappa shape index (κ1) is 21.4. The van der Waals surface area contributed by atoms with E-state index in [0.29, 0.717) is 11.8 Å². The molecule has 3 heterocycles. The number of hydrogen-bond donors (Lipinski definition) is 0. The Morgan fingerprint density at radius 1 is 0.969 bits per heavy atom. The molecule has 1 aromatic heterocycles. The molecular formula is C23H32N6O2S. The number of nitrogens with zero attached hydrogens (tertiary/aromatic N) is 6. The summed E-state index contributed by atoms with van der Waals surface area (Å²) in [7, 11) is 1.68. The Morgan fingerprint density at radius 3 is 2.34 bits per heavy atom. The Balaban J connectivity index is 1.16. The smallest absolute Gasteiger partial charge is 0.233 e. The number of carbonyl (C=O) groups is 1. The molecule has 5 rings (SSSR count). The van der Waals surface area contributed by atoms with Crippen LogP contribution in [-0.2, 0) is 4.79 Å². The minimum absolute atomic E-state index is 0.189. The molecule has 0 atom stereocenters. The largest absolute Gasteiger partial charge is 0.497 e. The van der Waals surface area contributed by atoms with Crippen molar-refractivity contribution in [2.75, 3.05) is 61.9 Å². The van der Waals surface area contributed by atoms with E-state index in [-0.39, 0.29) is 5.91 Å². The number of piperidine rings is 1. The van der Waals surface area contributed by atoms with E-state index in [2.05, 4.69) is 36.7 Å². The van der Waals surface area contributed by atoms with Crippen LogP contribution in [0.2, 0.25) is 0 Å². The highest BCUT2D eigenvalue weighted by Crippen LogP contribution is 2.41. The van der Waals surface area contributed by atoms with Gasteiger partial charge in [-0.15, -0.1) is 10.2 Å². The molecule has 0 bridgehead atoms. The number of hydrogen-bond acceptors (Lipinski definition) is 7. The van der Waals surface area contributed by atoms with Crippen molar-refractivity contribution in [2.24, 2.45) is 0 Å². The van der Waals surface area contributed by atoms with E-state index in [1.807, 2.05) is 17.0 Å². The van der Waals surface area contributed by atoms with Crippen LogP contribution in [0.1, 0.15) is 38.1 Å². The number of piperazine rings is 1. The van der Waals surface area contributed by atoms with Crippen molar-refractivity contribution < 1.29 is 9.53 Å². The number of ether oxygens (including phenoxy) is 1. The fraction of sp³-hybridized carbons (Fsp3) is 0.609. The van der Waals surface area contributed by atoms with Gasteiger partial charge in [0.25, 0.3) is 0 Å². The molecule has 32 heavy (non-hydrogen) atoms. The zero-order valence-corrected chi connectivity index (χ0v) is 19.6. The third kappa shape index (κ3) is 4.67. The zero-order valence-electron chi connectivity index (χ0n) is 18.8. The van der Waals surface area contributed by atoms with E-state index in [1.165, 1.54) is 37.8 Å². The van der Waals surface area contributed by atoms with Gasteiger partial charge in [0.1, 0.15) is 5.75 Å². The molecule has 0 unspecified atom stereocenters. The van der Waals surface area contributed by atoms with Gasteiger partial charge in [-0.25, -0.2) is 0 Å². The number of rotatable bonds is 7. The van der Waals surface area contributed by atoms with Crippen molar-refractivity contribution in [3.8, 4) is 5.75 Å². The molecule has 172 valence electrons. The summed E-state index contributed by atoms with van der Waals surface area (Å²) in [5, 5.41) is 9.91. The average Bonchev–Trinajstić information content (AvgIpc) is 3.61. The number of benzene rings is 1. The SMILES string of the molecule is COc1ccc(N2CCN(C(=O)CSc3nnc(N4CCCCC4)n3C3CC3)CC2)cc1. The van der Waals surface area contributed by atoms with Crippen LogP contribution in [0.25, 0.3) is 0 Å². The van der Waals surface area contributed by atoms with Gasteiger partial charge in [-0.2, -0.15) is 0 Å². The van der Waals surface area contributed by atoms with Crippen LogP contribution in [0, 0.1) is 0 Å². The Labute approximate surface area is 193 Å². The zero-order chi connectivity index (χ0) is 21.9. The Morgan fingerprint density at radius 2 is 1.69 bits per heavy atom. The number of thioether (sulfide) groups is 1. The lowest BCUT2D eigenvalue weighted by molar-refractivity contribution is -0.128. The summed E-state index contributed by atoms with van der Waals surface area (Å²) in [5.74, 6) is 2.49. The predicted molar refractivity (Wildman–Crippen MR) is 127 cm³/mol. The van der Waals surface area contributed by atoms with Gasteiger partial charge in [-0.05, 0) is 56.4 Å². The molecule has 0 spiro atoms. The van der Waals surface area contributed by atoms with E-state index in [4.69, 9.17) is 4.74 Å². The summed E-state index contributed by atoms with van der Waals surface area (Å²) in [6, 6.07) is 8.63. The maximum atomic E-state index is 12.9. The number of aromatic nitrogens is 3. The minimum Gasteiger partial charge on any atom is -0.497 e. The van der Waals surface area contributed by atoms with Crippen molar-refractivity contribution in [2.45, 2.75) is 43.3 Å². The van der Waals surface area contributed by atoms with E-state index >= 15 is 0 Å². The van der Waals surface area contributed by atoms with E-state index in [9.17, 15) is 4.79 Å². The second-order valence-electron chi connectivity index (χ2n) is 8.79. The molecule has 2 aliphatic heterocycles. The quantitative estimate of drug-likeness (QED) is 0.593. The van der Waals surface area contributed by atoms with Gasteiger partial charge < -0.3 is 19.4 Å². The summed E-state index contributed by atoms with van der Waals surface area (Å²) in [6.07, 6.45) is 6.12. The monoisotopic (exact) mass is 456 g/mol. The lowest BCUT2D eigenvalue weighted by atomic mass is 10.1. The van der Waals surface area contributed by atoms with Gasteiger partial charge in [0.2, 0.25) is 11.9 Å². The summed E-state index contributed by atoms with van der Waals surface area (Å²) in [5.41, 5.74) is 1.18. The maximum absolute atomic E-state index is 12.9. The van der Waals surface area contributed by atoms with E-state index in [0.717, 1.165) is 56.1 Å². The predicted octanol–water partition coefficient (Wildman–Crippen LogP) is 3.05. The highest BCUT2D eigenvalue weighted by molar-refractivity contribution is 7.99. The molecule has 1 aromatic carbocycles. The average molecular weight is 457 g/mol. The van der Waals surface area contributed by atoms with Crippen molar-refractivity contribution in [1.82, 2.24) is 19.7 Å². The molecule has 2 aromatic rings. The Kier molecular flexibility index (Phi) is 6.43. The molecule has 0 N–H and O–H groups in total. The highest BCUT2D eigenvalue weighted by Gasteiger charge is 2.32. The van der Waals surface area contributed by atoms with Crippen LogP contribution in [0.4, 0.5) is 11.6 Å². The van der Waals surface area contributed by atoms with E-state index < -0.39 is 0 Å². The van der Waals surface area contributed by atoms with Crippen LogP contribution in [-0.4, -0.2) is 77.7 Å². The summed E-state index contributed by atoms with van der Waals surface area (Å²) in [4.78, 5) is 19.6. The van der Waals surface area contributed by atoms with E-state index in [1.54, 1.807) is 18.9 Å². The maximum Gasteiger partial charge on any atom is 0.233 e. The van der Waals surface area contributed by atoms with Gasteiger partial charge in [0.05, 0.1) is 12.9 Å². The van der Waals surface area contributed by atoms with Crippen LogP contribution >= 0.6 is 11.8 Å². The summed E-state index contributed by atoms with van der Waals surface area (Å²) in [6.45, 7) is 5.32.